The van der Waals surface area contributed by atoms with Crippen LogP contribution in [-0.2, 0) is 23.7 Å². The summed E-state index contributed by atoms with van der Waals surface area (Å²) < 4.78 is 23.9. The lowest BCUT2D eigenvalue weighted by atomic mass is 9.77. The van der Waals surface area contributed by atoms with E-state index < -0.39 is 78.3 Å². The normalized spacial score (nSPS) is 37.9. The zero-order valence-electron chi connectivity index (χ0n) is 26.8. The Labute approximate surface area is 269 Å². The zero-order chi connectivity index (χ0) is 34.0. The van der Waals surface area contributed by atoms with Crippen LogP contribution in [0.1, 0.15) is 39.5 Å². The van der Waals surface area contributed by atoms with Crippen molar-refractivity contribution in [2.24, 2.45) is 39.9 Å². The van der Waals surface area contributed by atoms with Crippen molar-refractivity contribution in [1.82, 2.24) is 10.6 Å². The number of nitroso groups, excluding NO2 is 1. The van der Waals surface area contributed by atoms with Gasteiger partial charge in [0.15, 0.2) is 6.29 Å². The number of carbonyl (C=O) groups is 1. The molecule has 266 valence electrons. The summed E-state index contributed by atoms with van der Waals surface area (Å²) in [6, 6.07) is -2.15. The summed E-state index contributed by atoms with van der Waals surface area (Å²) in [5.41, 5.74) is 22.4. The molecule has 3 unspecified atom stereocenters. The molecule has 0 bridgehead atoms. The van der Waals surface area contributed by atoms with E-state index in [1.54, 1.807) is 6.92 Å². The van der Waals surface area contributed by atoms with E-state index in [4.69, 9.17) is 41.9 Å². The second-order valence-electron chi connectivity index (χ2n) is 12.8. The summed E-state index contributed by atoms with van der Waals surface area (Å²) in [5.74, 6) is -1.32. The molecule has 46 heavy (non-hydrogen) atoms. The van der Waals surface area contributed by atoms with E-state index in [1.807, 2.05) is 13.0 Å². The van der Waals surface area contributed by atoms with Gasteiger partial charge in [-0.05, 0) is 45.2 Å². The first-order valence-corrected chi connectivity index (χ1v) is 16.1. The third kappa shape index (κ3) is 10.1. The Balaban J connectivity index is 1.72. The number of nitrogens with zero attached hydrogens (tertiary/aromatic N) is 1. The summed E-state index contributed by atoms with van der Waals surface area (Å²) >= 11 is 0. The maximum absolute atomic E-state index is 12.7. The van der Waals surface area contributed by atoms with E-state index >= 15 is 0 Å². The maximum Gasteiger partial charge on any atom is 0.249 e. The molecule has 2 heterocycles. The van der Waals surface area contributed by atoms with Crippen LogP contribution >= 0.6 is 0 Å². The van der Waals surface area contributed by atoms with Crippen LogP contribution in [0.2, 0.25) is 0 Å². The molecule has 0 spiro atoms. The molecule has 2 aliphatic heterocycles. The first-order valence-electron chi connectivity index (χ1n) is 16.1. The number of aliphatic hydroxyl groups excluding tert-OH is 3. The van der Waals surface area contributed by atoms with Gasteiger partial charge in [0.1, 0.15) is 30.2 Å². The smallest absolute Gasteiger partial charge is 0.249 e. The number of carbonyl (C=O) groups excluding carboxylic acids is 1. The zero-order valence-corrected chi connectivity index (χ0v) is 26.8. The van der Waals surface area contributed by atoms with Gasteiger partial charge >= 0.3 is 0 Å². The topological polar surface area (TPSA) is 292 Å². The Morgan fingerprint density at radius 2 is 1.98 bits per heavy atom. The largest absolute Gasteiger partial charge is 0.490 e. The number of nitrogens with two attached hydrogens (primary N) is 4. The summed E-state index contributed by atoms with van der Waals surface area (Å²) in [6.45, 7) is 4.01. The number of ether oxygens (including phenoxy) is 4. The fourth-order valence-electron chi connectivity index (χ4n) is 6.43. The fraction of sp³-hybridized carbons (Fsp3) is 0.897. The summed E-state index contributed by atoms with van der Waals surface area (Å²) in [5, 5.41) is 52.4. The van der Waals surface area contributed by atoms with Gasteiger partial charge in [0.2, 0.25) is 5.91 Å². The van der Waals surface area contributed by atoms with E-state index in [2.05, 4.69) is 15.8 Å². The van der Waals surface area contributed by atoms with Gasteiger partial charge in [-0.2, -0.15) is 4.91 Å². The van der Waals surface area contributed by atoms with E-state index in [0.717, 1.165) is 0 Å². The minimum Gasteiger partial charge on any atom is -0.490 e. The molecule has 2 fully saturated rings. The summed E-state index contributed by atoms with van der Waals surface area (Å²) in [6.07, 6.45) is -3.55. The number of nitrogens with one attached hydrogen (secondary N) is 2. The molecule has 13 atom stereocenters. The van der Waals surface area contributed by atoms with E-state index in [1.165, 1.54) is 0 Å². The predicted octanol–water partition coefficient (Wildman–Crippen LogP) is -3.53. The summed E-state index contributed by atoms with van der Waals surface area (Å²) in [7, 11) is 0. The molecule has 0 radical (unpaired) electrons. The Kier molecular flexibility index (Phi) is 15.1. The quantitative estimate of drug-likeness (QED) is 0.0676. The second-order valence-corrected chi connectivity index (χ2v) is 12.8. The van der Waals surface area contributed by atoms with Gasteiger partial charge in [0, 0.05) is 36.5 Å². The number of rotatable bonds is 17. The van der Waals surface area contributed by atoms with Gasteiger partial charge in [-0.15, -0.1) is 0 Å². The van der Waals surface area contributed by atoms with Gasteiger partial charge in [-0.25, -0.2) is 0 Å². The Morgan fingerprint density at radius 3 is 2.63 bits per heavy atom. The molecule has 17 nitrogen and oxygen atoms in total. The van der Waals surface area contributed by atoms with Crippen LogP contribution in [0.3, 0.4) is 0 Å². The molecule has 0 aromatic rings. The molecular weight excluding hydrogens is 606 g/mol. The molecule has 1 aliphatic carbocycles. The SMILES string of the molecule is CC[C@@H]1C(O)[C@@H](O[C@@H]2[C@@H](O)[C@H](COC[C@H]3OC(CN)=CC[C@H]3NCC(N)CN=O)C(N)C[C@H]2NC(=O)[C@@H](O)CCN)OC[C@]1(C)O. The molecule has 1 saturated carbocycles. The lowest BCUT2D eigenvalue weighted by Crippen LogP contribution is -2.65. The van der Waals surface area contributed by atoms with Crippen LogP contribution in [0.5, 0.6) is 0 Å². The van der Waals surface area contributed by atoms with E-state index in [-0.39, 0.29) is 58.3 Å². The molecule has 3 rings (SSSR count). The molecule has 17 heteroatoms. The van der Waals surface area contributed by atoms with Gasteiger partial charge in [0.25, 0.3) is 0 Å². The third-order valence-corrected chi connectivity index (χ3v) is 9.17. The monoisotopic (exact) mass is 661 g/mol. The minimum atomic E-state index is -1.37. The average Bonchev–Trinajstić information content (AvgIpc) is 3.01. The van der Waals surface area contributed by atoms with Crippen LogP contribution in [-0.4, -0.2) is 139 Å². The minimum absolute atomic E-state index is 0.00185. The van der Waals surface area contributed by atoms with Gasteiger partial charge in [-0.1, -0.05) is 12.1 Å². The predicted molar refractivity (Wildman–Crippen MR) is 167 cm³/mol. The highest BCUT2D eigenvalue weighted by Gasteiger charge is 2.50. The van der Waals surface area contributed by atoms with Crippen molar-refractivity contribution < 1.29 is 44.2 Å². The molecular formula is C29H55N7O10. The van der Waals surface area contributed by atoms with Crippen LogP contribution < -0.4 is 33.6 Å². The van der Waals surface area contributed by atoms with Crippen molar-refractivity contribution in [3.05, 3.63) is 16.7 Å². The van der Waals surface area contributed by atoms with Gasteiger partial charge < -0.3 is 72.9 Å². The van der Waals surface area contributed by atoms with Gasteiger partial charge in [-0.3, -0.25) is 4.79 Å². The van der Waals surface area contributed by atoms with Crippen molar-refractivity contribution in [1.29, 1.82) is 0 Å². The van der Waals surface area contributed by atoms with Crippen molar-refractivity contribution in [3.63, 3.8) is 0 Å². The van der Waals surface area contributed by atoms with Crippen LogP contribution in [0.25, 0.3) is 0 Å². The van der Waals surface area contributed by atoms with E-state index in [0.29, 0.717) is 25.1 Å². The second kappa shape index (κ2) is 18.0. The first kappa shape index (κ1) is 38.6. The number of hydrogen-bond donors (Lipinski definition) is 10. The molecule has 1 saturated heterocycles. The number of hydrogen-bond acceptors (Lipinski definition) is 16. The third-order valence-electron chi connectivity index (χ3n) is 9.17. The fourth-order valence-corrected chi connectivity index (χ4v) is 6.43. The van der Waals surface area contributed by atoms with Crippen LogP contribution in [0.4, 0.5) is 0 Å². The molecule has 3 aliphatic rings. The molecule has 0 aromatic carbocycles. The highest BCUT2D eigenvalue weighted by molar-refractivity contribution is 5.80. The Bertz CT molecular complexity index is 994. The van der Waals surface area contributed by atoms with Crippen molar-refractivity contribution in [2.75, 3.05) is 46.0 Å². The van der Waals surface area contributed by atoms with Gasteiger partial charge in [0.05, 0.1) is 50.7 Å². The lowest BCUT2D eigenvalue weighted by Gasteiger charge is -2.48. The summed E-state index contributed by atoms with van der Waals surface area (Å²) in [4.78, 5) is 23.3. The van der Waals surface area contributed by atoms with Crippen LogP contribution in [0.15, 0.2) is 17.0 Å². The highest BCUT2D eigenvalue weighted by atomic mass is 16.7. The number of aliphatic hydroxyl groups is 4. The van der Waals surface area contributed by atoms with E-state index in [9.17, 15) is 30.1 Å². The number of amides is 1. The Morgan fingerprint density at radius 1 is 1.24 bits per heavy atom. The molecule has 14 N–H and O–H groups in total. The molecule has 1 amide bonds. The van der Waals surface area contributed by atoms with Crippen molar-refractivity contribution in [2.45, 2.75) is 106 Å². The first-order chi connectivity index (χ1) is 21.9. The lowest BCUT2D eigenvalue weighted by molar-refractivity contribution is -0.307. The highest BCUT2D eigenvalue weighted by Crippen LogP contribution is 2.36. The van der Waals surface area contributed by atoms with Crippen LogP contribution in [0, 0.1) is 16.7 Å². The maximum atomic E-state index is 12.7. The van der Waals surface area contributed by atoms with Crippen molar-refractivity contribution >= 4 is 5.91 Å². The Hall–Kier alpha value is -1.87. The standard InChI is InChI=1S/C29H55N7O10/c1-3-18-25(39)28(44-14-29(18,2)41)46-26-21(36-27(40)22(37)6-7-30)8-19(33)17(24(26)38)12-43-13-23-20(5-4-16(9-31)45-23)34-10-15(32)11-35-42/h4,15,17-26,28,34,37-39,41H,3,5-14,30-33H2,1-2H3,(H,36,40)/t15?,17-,18-,19?,20-,21-,22+,23-,24+,25?,26+,28-,29+/m1/s1. The van der Waals surface area contributed by atoms with Crippen molar-refractivity contribution in [3.8, 4) is 0 Å². The molecule has 0 aromatic heterocycles. The average molecular weight is 662 g/mol.